The lowest BCUT2D eigenvalue weighted by atomic mass is 10.0. The van der Waals surface area contributed by atoms with Gasteiger partial charge in [0.15, 0.2) is 0 Å². The smallest absolute Gasteiger partial charge is 0.0453 e. The molecule has 0 heterocycles. The van der Waals surface area contributed by atoms with Crippen molar-refractivity contribution in [1.29, 1.82) is 0 Å². The normalized spacial score (nSPS) is 12.9. The maximum Gasteiger partial charge on any atom is 0.0453 e. The Balaban J connectivity index is 2.61. The Morgan fingerprint density at radius 1 is 1.15 bits per heavy atom. The van der Waals surface area contributed by atoms with E-state index in [4.69, 9.17) is 23.2 Å². The fourth-order valence-corrected chi connectivity index (χ4v) is 2.88. The standard InChI is InChI=1S/C16H26Cl2N2/c1-4-19-15(9-10-20(5-2)6-3)11-13-7-8-14(17)12-16(13)18/h7-8,12,15,19H,4-6,9-11H2,1-3H3. The molecule has 0 saturated heterocycles. The average molecular weight is 317 g/mol. The maximum atomic E-state index is 6.27. The largest absolute Gasteiger partial charge is 0.314 e. The Labute approximate surface area is 133 Å². The van der Waals surface area contributed by atoms with Gasteiger partial charge in [0.2, 0.25) is 0 Å². The molecular weight excluding hydrogens is 291 g/mol. The molecule has 0 saturated carbocycles. The zero-order valence-corrected chi connectivity index (χ0v) is 14.3. The second kappa shape index (κ2) is 9.62. The van der Waals surface area contributed by atoms with Gasteiger partial charge in [-0.1, -0.05) is 50.0 Å². The minimum Gasteiger partial charge on any atom is -0.314 e. The fourth-order valence-electron chi connectivity index (χ4n) is 2.40. The van der Waals surface area contributed by atoms with Crippen LogP contribution in [0.25, 0.3) is 0 Å². The Kier molecular flexibility index (Phi) is 8.55. The molecule has 0 aromatic heterocycles. The van der Waals surface area contributed by atoms with E-state index in [0.717, 1.165) is 44.0 Å². The van der Waals surface area contributed by atoms with Crippen LogP contribution >= 0.6 is 23.2 Å². The number of hydrogen-bond donors (Lipinski definition) is 1. The topological polar surface area (TPSA) is 15.3 Å². The Morgan fingerprint density at radius 3 is 2.40 bits per heavy atom. The molecule has 1 N–H and O–H groups in total. The predicted octanol–water partition coefficient (Wildman–Crippen LogP) is 4.25. The number of nitrogens with zero attached hydrogens (tertiary/aromatic N) is 1. The van der Waals surface area contributed by atoms with Gasteiger partial charge in [-0.25, -0.2) is 0 Å². The first-order valence-corrected chi connectivity index (χ1v) is 8.25. The molecule has 0 aliphatic heterocycles. The first-order chi connectivity index (χ1) is 9.60. The molecule has 1 aromatic rings. The third-order valence-electron chi connectivity index (χ3n) is 3.66. The van der Waals surface area contributed by atoms with Gasteiger partial charge >= 0.3 is 0 Å². The number of hydrogen-bond acceptors (Lipinski definition) is 2. The van der Waals surface area contributed by atoms with Gasteiger partial charge in [-0.05, 0) is 56.7 Å². The van der Waals surface area contributed by atoms with Gasteiger partial charge in [0.25, 0.3) is 0 Å². The Morgan fingerprint density at radius 2 is 1.85 bits per heavy atom. The second-order valence-electron chi connectivity index (χ2n) is 5.01. The Bertz CT molecular complexity index is 392. The maximum absolute atomic E-state index is 6.27. The van der Waals surface area contributed by atoms with Crippen LogP contribution in [0.15, 0.2) is 18.2 Å². The summed E-state index contributed by atoms with van der Waals surface area (Å²) in [4.78, 5) is 2.45. The zero-order valence-electron chi connectivity index (χ0n) is 12.8. The van der Waals surface area contributed by atoms with Crippen molar-refractivity contribution < 1.29 is 0 Å². The van der Waals surface area contributed by atoms with E-state index in [0.29, 0.717) is 11.1 Å². The summed E-state index contributed by atoms with van der Waals surface area (Å²) in [6.45, 7) is 10.9. The number of halogens is 2. The van der Waals surface area contributed by atoms with E-state index >= 15 is 0 Å². The van der Waals surface area contributed by atoms with Gasteiger partial charge < -0.3 is 10.2 Å². The fraction of sp³-hybridized carbons (Fsp3) is 0.625. The second-order valence-corrected chi connectivity index (χ2v) is 5.85. The molecule has 1 unspecified atom stereocenters. The molecule has 0 aliphatic carbocycles. The van der Waals surface area contributed by atoms with Crippen molar-refractivity contribution >= 4 is 23.2 Å². The third kappa shape index (κ3) is 6.01. The van der Waals surface area contributed by atoms with Crippen LogP contribution < -0.4 is 5.32 Å². The van der Waals surface area contributed by atoms with E-state index in [-0.39, 0.29) is 0 Å². The van der Waals surface area contributed by atoms with Gasteiger partial charge in [-0.2, -0.15) is 0 Å². The summed E-state index contributed by atoms with van der Waals surface area (Å²) in [5.41, 5.74) is 1.17. The minimum absolute atomic E-state index is 0.458. The van der Waals surface area contributed by atoms with Gasteiger partial charge in [-0.3, -0.25) is 0 Å². The van der Waals surface area contributed by atoms with Crippen molar-refractivity contribution in [1.82, 2.24) is 10.2 Å². The van der Waals surface area contributed by atoms with Crippen LogP contribution in [0.4, 0.5) is 0 Å². The zero-order chi connectivity index (χ0) is 15.0. The number of likely N-dealkylation sites (N-methyl/N-ethyl adjacent to an activating group) is 1. The lowest BCUT2D eigenvalue weighted by Crippen LogP contribution is -2.35. The molecule has 0 radical (unpaired) electrons. The predicted molar refractivity (Wildman–Crippen MR) is 90.0 cm³/mol. The van der Waals surface area contributed by atoms with Crippen LogP contribution in [0, 0.1) is 0 Å². The number of rotatable bonds is 9. The molecule has 1 atom stereocenters. The summed E-state index contributed by atoms with van der Waals surface area (Å²) in [6, 6.07) is 6.23. The van der Waals surface area contributed by atoms with Crippen LogP contribution in [0.1, 0.15) is 32.8 Å². The summed E-state index contributed by atoms with van der Waals surface area (Å²) in [6.07, 6.45) is 2.08. The van der Waals surface area contributed by atoms with Crippen LogP contribution in [0.3, 0.4) is 0 Å². The highest BCUT2D eigenvalue weighted by Gasteiger charge is 2.12. The average Bonchev–Trinajstić information content (AvgIpc) is 2.43. The lowest BCUT2D eigenvalue weighted by molar-refractivity contribution is 0.281. The molecule has 0 bridgehead atoms. The van der Waals surface area contributed by atoms with Crippen molar-refractivity contribution in [3.05, 3.63) is 33.8 Å². The molecule has 0 spiro atoms. The third-order valence-corrected chi connectivity index (χ3v) is 4.25. The highest BCUT2D eigenvalue weighted by molar-refractivity contribution is 6.35. The van der Waals surface area contributed by atoms with Gasteiger partial charge in [-0.15, -0.1) is 0 Å². The van der Waals surface area contributed by atoms with Gasteiger partial charge in [0.1, 0.15) is 0 Å². The van der Waals surface area contributed by atoms with E-state index in [1.807, 2.05) is 18.2 Å². The SMILES string of the molecule is CCNC(CCN(CC)CC)Cc1ccc(Cl)cc1Cl. The monoisotopic (exact) mass is 316 g/mol. The molecule has 0 aliphatic rings. The first kappa shape index (κ1) is 17.8. The van der Waals surface area contributed by atoms with E-state index < -0.39 is 0 Å². The Hall–Kier alpha value is -0.280. The molecular formula is C16H26Cl2N2. The van der Waals surface area contributed by atoms with Crippen LogP contribution in [0.2, 0.25) is 10.0 Å². The van der Waals surface area contributed by atoms with E-state index in [1.54, 1.807) is 0 Å². The lowest BCUT2D eigenvalue weighted by Gasteiger charge is -2.23. The highest BCUT2D eigenvalue weighted by atomic mass is 35.5. The summed E-state index contributed by atoms with van der Waals surface area (Å²) < 4.78 is 0. The quantitative estimate of drug-likeness (QED) is 0.732. The van der Waals surface area contributed by atoms with Gasteiger partial charge in [0, 0.05) is 16.1 Å². The number of benzene rings is 1. The molecule has 0 amide bonds. The summed E-state index contributed by atoms with van der Waals surface area (Å²) in [7, 11) is 0. The molecule has 20 heavy (non-hydrogen) atoms. The van der Waals surface area contributed by atoms with Crippen molar-refractivity contribution in [2.75, 3.05) is 26.2 Å². The minimum atomic E-state index is 0.458. The van der Waals surface area contributed by atoms with Crippen LogP contribution in [-0.2, 0) is 6.42 Å². The molecule has 2 nitrogen and oxygen atoms in total. The highest BCUT2D eigenvalue weighted by Crippen LogP contribution is 2.22. The molecule has 1 aromatic carbocycles. The van der Waals surface area contributed by atoms with Crippen LogP contribution in [-0.4, -0.2) is 37.1 Å². The summed E-state index contributed by atoms with van der Waals surface area (Å²) >= 11 is 12.2. The summed E-state index contributed by atoms with van der Waals surface area (Å²) in [5.74, 6) is 0. The van der Waals surface area contributed by atoms with Crippen molar-refractivity contribution in [3.8, 4) is 0 Å². The van der Waals surface area contributed by atoms with Crippen molar-refractivity contribution in [3.63, 3.8) is 0 Å². The van der Waals surface area contributed by atoms with Crippen LogP contribution in [0.5, 0.6) is 0 Å². The van der Waals surface area contributed by atoms with Gasteiger partial charge in [0.05, 0.1) is 0 Å². The summed E-state index contributed by atoms with van der Waals surface area (Å²) in [5, 5.41) is 5.02. The van der Waals surface area contributed by atoms with E-state index in [2.05, 4.69) is 31.0 Å². The first-order valence-electron chi connectivity index (χ1n) is 7.50. The molecule has 1 rings (SSSR count). The molecule has 114 valence electrons. The molecule has 4 heteroatoms. The van der Waals surface area contributed by atoms with E-state index in [9.17, 15) is 0 Å². The molecule has 0 fully saturated rings. The van der Waals surface area contributed by atoms with Crippen molar-refractivity contribution in [2.24, 2.45) is 0 Å². The van der Waals surface area contributed by atoms with Crippen molar-refractivity contribution in [2.45, 2.75) is 39.7 Å². The number of nitrogens with one attached hydrogen (secondary N) is 1. The van der Waals surface area contributed by atoms with E-state index in [1.165, 1.54) is 5.56 Å².